The van der Waals surface area contributed by atoms with E-state index in [4.69, 9.17) is 10.8 Å². The molecular weight excluding hydrogens is 384 g/mol. The Morgan fingerprint density at radius 2 is 1.97 bits per heavy atom. The lowest BCUT2D eigenvalue weighted by Gasteiger charge is -2.32. The van der Waals surface area contributed by atoms with Crippen molar-refractivity contribution in [1.29, 1.82) is 0 Å². The Bertz CT molecular complexity index is 1020. The van der Waals surface area contributed by atoms with Gasteiger partial charge in [0.05, 0.1) is 10.6 Å². The van der Waals surface area contributed by atoms with Crippen molar-refractivity contribution in [1.82, 2.24) is 14.7 Å². The number of hydrogen-bond donors (Lipinski definition) is 1. The van der Waals surface area contributed by atoms with Crippen molar-refractivity contribution in [3.05, 3.63) is 65.7 Å². The fourth-order valence-electron chi connectivity index (χ4n) is 3.57. The summed E-state index contributed by atoms with van der Waals surface area (Å²) in [6.07, 6.45) is 7.63. The highest BCUT2D eigenvalue weighted by molar-refractivity contribution is 7.13. The molecule has 7 heteroatoms. The molecule has 2 amide bonds. The van der Waals surface area contributed by atoms with E-state index in [0.717, 1.165) is 34.7 Å². The van der Waals surface area contributed by atoms with E-state index in [2.05, 4.69) is 0 Å². The maximum absolute atomic E-state index is 12.8. The maximum Gasteiger partial charge on any atom is 0.247 e. The summed E-state index contributed by atoms with van der Waals surface area (Å²) >= 11 is 1.60. The molecular formula is C22H22N4O2S. The van der Waals surface area contributed by atoms with E-state index in [1.54, 1.807) is 22.3 Å². The molecule has 0 aliphatic carbocycles. The lowest BCUT2D eigenvalue weighted by Crippen LogP contribution is -2.49. The first-order valence-electron chi connectivity index (χ1n) is 9.60. The van der Waals surface area contributed by atoms with Crippen LogP contribution in [0, 0.1) is 0 Å². The number of nitrogens with two attached hydrogens (primary N) is 1. The predicted molar refractivity (Wildman–Crippen MR) is 114 cm³/mol. The minimum Gasteiger partial charge on any atom is -0.368 e. The molecule has 1 aliphatic rings. The van der Waals surface area contributed by atoms with Crippen LogP contribution in [0.25, 0.3) is 22.3 Å². The van der Waals surface area contributed by atoms with Crippen molar-refractivity contribution < 1.29 is 9.59 Å². The summed E-state index contributed by atoms with van der Waals surface area (Å²) in [6, 6.07) is 13.3. The van der Waals surface area contributed by atoms with Gasteiger partial charge in [0.25, 0.3) is 0 Å². The Hall–Kier alpha value is -3.19. The Morgan fingerprint density at radius 3 is 2.69 bits per heavy atom. The number of hydrogen-bond acceptors (Lipinski definition) is 4. The normalized spacial score (nSPS) is 17.0. The molecule has 3 aromatic rings. The summed E-state index contributed by atoms with van der Waals surface area (Å²) in [5.74, 6) is -0.638. The lowest BCUT2D eigenvalue weighted by molar-refractivity contribution is -0.137. The van der Waals surface area contributed by atoms with Crippen LogP contribution in [0.15, 0.2) is 60.1 Å². The second kappa shape index (κ2) is 8.45. The summed E-state index contributed by atoms with van der Waals surface area (Å²) in [6.45, 7) is 0.553. The van der Waals surface area contributed by atoms with Gasteiger partial charge in [-0.1, -0.05) is 24.3 Å². The van der Waals surface area contributed by atoms with E-state index >= 15 is 0 Å². The molecule has 29 heavy (non-hydrogen) atoms. The van der Waals surface area contributed by atoms with Gasteiger partial charge in [-0.15, -0.1) is 11.3 Å². The first-order valence-corrected chi connectivity index (χ1v) is 10.5. The first-order chi connectivity index (χ1) is 14.1. The maximum atomic E-state index is 12.8. The summed E-state index contributed by atoms with van der Waals surface area (Å²) in [4.78, 5) is 27.1. The molecule has 2 N–H and O–H groups in total. The molecule has 1 unspecified atom stereocenters. The second-order valence-corrected chi connectivity index (χ2v) is 7.92. The van der Waals surface area contributed by atoms with Gasteiger partial charge in [0.2, 0.25) is 11.8 Å². The quantitative estimate of drug-likeness (QED) is 0.659. The molecule has 0 spiro atoms. The molecule has 2 aromatic heterocycles. The molecule has 1 fully saturated rings. The third kappa shape index (κ3) is 4.14. The molecule has 1 atom stereocenters. The predicted octanol–water partition coefficient (Wildman–Crippen LogP) is 3.48. The Balaban J connectivity index is 1.64. The number of rotatable bonds is 5. The number of carbonyl (C=O) groups excluding carboxylic acids is 2. The Labute approximate surface area is 173 Å². The van der Waals surface area contributed by atoms with Gasteiger partial charge < -0.3 is 10.6 Å². The number of likely N-dealkylation sites (tertiary alicyclic amines) is 1. The van der Waals surface area contributed by atoms with Crippen LogP contribution in [0.2, 0.25) is 0 Å². The van der Waals surface area contributed by atoms with E-state index in [9.17, 15) is 9.59 Å². The largest absolute Gasteiger partial charge is 0.368 e. The zero-order chi connectivity index (χ0) is 20.2. The molecule has 6 nitrogen and oxygen atoms in total. The van der Waals surface area contributed by atoms with E-state index in [1.165, 1.54) is 6.08 Å². The molecule has 3 heterocycles. The molecule has 1 aromatic carbocycles. The highest BCUT2D eigenvalue weighted by Gasteiger charge is 2.29. The van der Waals surface area contributed by atoms with Crippen molar-refractivity contribution in [3.8, 4) is 16.3 Å². The number of carbonyl (C=O) groups is 2. The van der Waals surface area contributed by atoms with Gasteiger partial charge in [-0.2, -0.15) is 5.10 Å². The van der Waals surface area contributed by atoms with Crippen LogP contribution < -0.4 is 5.73 Å². The van der Waals surface area contributed by atoms with Crippen molar-refractivity contribution in [2.24, 2.45) is 5.73 Å². The fraction of sp³-hybridized carbons (Fsp3) is 0.227. The first kappa shape index (κ1) is 19.1. The molecule has 1 saturated heterocycles. The molecule has 1 aliphatic heterocycles. The van der Waals surface area contributed by atoms with E-state index in [1.807, 2.05) is 58.7 Å². The van der Waals surface area contributed by atoms with Gasteiger partial charge in [0.1, 0.15) is 11.7 Å². The Kier molecular flexibility index (Phi) is 5.57. The number of piperidine rings is 1. The Morgan fingerprint density at radius 1 is 1.14 bits per heavy atom. The van der Waals surface area contributed by atoms with Gasteiger partial charge in [-0.25, -0.2) is 4.68 Å². The van der Waals surface area contributed by atoms with Crippen molar-refractivity contribution in [2.45, 2.75) is 25.3 Å². The van der Waals surface area contributed by atoms with Gasteiger partial charge in [0.15, 0.2) is 0 Å². The van der Waals surface area contributed by atoms with E-state index < -0.39 is 11.9 Å². The lowest BCUT2D eigenvalue weighted by atomic mass is 10.0. The molecule has 0 bridgehead atoms. The van der Waals surface area contributed by atoms with Crippen LogP contribution in [0.4, 0.5) is 0 Å². The van der Waals surface area contributed by atoms with Gasteiger partial charge in [-0.05, 0) is 48.9 Å². The highest BCUT2D eigenvalue weighted by Crippen LogP contribution is 2.29. The second-order valence-electron chi connectivity index (χ2n) is 6.97. The number of aromatic nitrogens is 2. The zero-order valence-electron chi connectivity index (χ0n) is 15.9. The van der Waals surface area contributed by atoms with Crippen LogP contribution in [-0.4, -0.2) is 39.1 Å². The van der Waals surface area contributed by atoms with Crippen LogP contribution >= 0.6 is 11.3 Å². The van der Waals surface area contributed by atoms with Crippen LogP contribution in [-0.2, 0) is 9.59 Å². The fourth-order valence-corrected chi connectivity index (χ4v) is 4.31. The average molecular weight is 407 g/mol. The van der Waals surface area contributed by atoms with Gasteiger partial charge in [0, 0.05) is 24.4 Å². The number of amides is 2. The minimum atomic E-state index is -0.523. The molecule has 4 rings (SSSR count). The van der Waals surface area contributed by atoms with Crippen molar-refractivity contribution >= 4 is 29.2 Å². The summed E-state index contributed by atoms with van der Waals surface area (Å²) in [5, 5.41) is 6.73. The highest BCUT2D eigenvalue weighted by atomic mass is 32.1. The summed E-state index contributed by atoms with van der Waals surface area (Å²) < 4.78 is 1.81. The third-order valence-corrected chi connectivity index (χ3v) is 5.91. The van der Waals surface area contributed by atoms with E-state index in [0.29, 0.717) is 13.0 Å². The standard InChI is InChI=1S/C22H22N4O2S/c23-22(28)18-9-4-5-13-25(18)20(27)12-11-16-15-26(17-7-2-1-3-8-17)24-21(16)19-10-6-14-29-19/h1-3,6-8,10-12,14-15,18H,4-5,9,13H2,(H2,23,28)/b12-11+. The average Bonchev–Trinajstić information content (AvgIpc) is 3.42. The monoisotopic (exact) mass is 406 g/mol. The smallest absolute Gasteiger partial charge is 0.247 e. The number of benzene rings is 1. The zero-order valence-corrected chi connectivity index (χ0v) is 16.7. The van der Waals surface area contributed by atoms with Crippen LogP contribution in [0.3, 0.4) is 0 Å². The van der Waals surface area contributed by atoms with Crippen LogP contribution in [0.1, 0.15) is 24.8 Å². The number of nitrogens with zero attached hydrogens (tertiary/aromatic N) is 3. The number of primary amides is 1. The van der Waals surface area contributed by atoms with Crippen molar-refractivity contribution in [3.63, 3.8) is 0 Å². The number of para-hydroxylation sites is 1. The summed E-state index contributed by atoms with van der Waals surface area (Å²) in [7, 11) is 0. The van der Waals surface area contributed by atoms with Gasteiger partial charge in [-0.3, -0.25) is 9.59 Å². The van der Waals surface area contributed by atoms with E-state index in [-0.39, 0.29) is 5.91 Å². The molecule has 148 valence electrons. The third-order valence-electron chi connectivity index (χ3n) is 5.04. The molecule has 0 saturated carbocycles. The summed E-state index contributed by atoms with van der Waals surface area (Å²) in [5.41, 5.74) is 8.10. The molecule has 0 radical (unpaired) electrons. The van der Waals surface area contributed by atoms with Crippen molar-refractivity contribution in [2.75, 3.05) is 6.54 Å². The minimum absolute atomic E-state index is 0.196. The van der Waals surface area contributed by atoms with Crippen LogP contribution in [0.5, 0.6) is 0 Å². The number of thiophene rings is 1. The topological polar surface area (TPSA) is 81.2 Å². The SMILES string of the molecule is NC(=O)C1CCCCN1C(=O)/C=C/c1cn(-c2ccccc2)nc1-c1cccs1. The van der Waals surface area contributed by atoms with Gasteiger partial charge >= 0.3 is 0 Å².